The Hall–Kier alpha value is -4.84. The van der Waals surface area contributed by atoms with Gasteiger partial charge in [-0.1, -0.05) is 90.1 Å². The standard InChI is InChI=1S/2C20H22O3/c2*1-20(2,3)16-9-5-14(6-10-16)18(21)13-19(22)15-7-11-17(23-4)12-8-15/h2*5-12H,13H2,1-4H3. The van der Waals surface area contributed by atoms with Gasteiger partial charge in [0.2, 0.25) is 0 Å². The van der Waals surface area contributed by atoms with E-state index in [-0.39, 0.29) is 46.8 Å². The van der Waals surface area contributed by atoms with Crippen molar-refractivity contribution in [3.8, 4) is 11.5 Å². The van der Waals surface area contributed by atoms with Gasteiger partial charge in [-0.2, -0.15) is 0 Å². The summed E-state index contributed by atoms with van der Waals surface area (Å²) in [6, 6.07) is 28.6. The normalized spacial score (nSPS) is 11.1. The molecule has 0 radical (unpaired) electrons. The molecule has 0 amide bonds. The molecule has 0 spiro atoms. The van der Waals surface area contributed by atoms with Crippen LogP contribution < -0.4 is 9.47 Å². The van der Waals surface area contributed by atoms with Gasteiger partial charge in [-0.15, -0.1) is 0 Å². The van der Waals surface area contributed by atoms with Gasteiger partial charge in [0.15, 0.2) is 23.1 Å². The van der Waals surface area contributed by atoms with E-state index in [1.807, 2.05) is 24.3 Å². The van der Waals surface area contributed by atoms with Crippen molar-refractivity contribution in [1.82, 2.24) is 0 Å². The Morgan fingerprint density at radius 3 is 0.826 bits per heavy atom. The zero-order valence-corrected chi connectivity index (χ0v) is 28.1. The number of hydrogen-bond acceptors (Lipinski definition) is 6. The van der Waals surface area contributed by atoms with Crippen molar-refractivity contribution in [2.24, 2.45) is 0 Å². The lowest BCUT2D eigenvalue weighted by Crippen LogP contribution is -2.12. The SMILES string of the molecule is COc1ccc(C(=O)CC(=O)c2ccc(C(C)(C)C)cc2)cc1.COc1ccc(C(=O)CC(=O)c2ccc(C(C)(C)C)cc2)cc1. The third kappa shape index (κ3) is 10.1. The van der Waals surface area contributed by atoms with Crippen molar-refractivity contribution in [2.75, 3.05) is 14.2 Å². The molecule has 0 fully saturated rings. The van der Waals surface area contributed by atoms with Gasteiger partial charge in [0.25, 0.3) is 0 Å². The first-order valence-corrected chi connectivity index (χ1v) is 15.2. The highest BCUT2D eigenvalue weighted by atomic mass is 16.5. The summed E-state index contributed by atoms with van der Waals surface area (Å²) >= 11 is 0. The first-order valence-electron chi connectivity index (χ1n) is 15.2. The van der Waals surface area contributed by atoms with Gasteiger partial charge in [0, 0.05) is 22.3 Å². The maximum absolute atomic E-state index is 12.3. The molecular weight excluding hydrogens is 576 g/mol. The highest BCUT2D eigenvalue weighted by Gasteiger charge is 2.18. The van der Waals surface area contributed by atoms with E-state index in [2.05, 4.69) is 41.5 Å². The minimum Gasteiger partial charge on any atom is -0.497 e. The van der Waals surface area contributed by atoms with Crippen LogP contribution in [-0.2, 0) is 10.8 Å². The van der Waals surface area contributed by atoms with Gasteiger partial charge >= 0.3 is 0 Å². The number of ether oxygens (including phenoxy) is 2. The molecule has 0 N–H and O–H groups in total. The highest BCUT2D eigenvalue weighted by Crippen LogP contribution is 2.24. The predicted molar refractivity (Wildman–Crippen MR) is 183 cm³/mol. The van der Waals surface area contributed by atoms with Gasteiger partial charge in [0.05, 0.1) is 27.1 Å². The number of carbonyl (C=O) groups excluding carboxylic acids is 4. The molecule has 4 rings (SSSR count). The van der Waals surface area contributed by atoms with Gasteiger partial charge in [-0.05, 0) is 70.5 Å². The lowest BCUT2D eigenvalue weighted by Gasteiger charge is -2.18. The van der Waals surface area contributed by atoms with E-state index in [4.69, 9.17) is 9.47 Å². The average molecular weight is 621 g/mol. The monoisotopic (exact) mass is 620 g/mol. The third-order valence-corrected chi connectivity index (χ3v) is 7.61. The van der Waals surface area contributed by atoms with Crippen LogP contribution in [0, 0.1) is 0 Å². The van der Waals surface area contributed by atoms with Crippen molar-refractivity contribution < 1.29 is 28.7 Å². The maximum Gasteiger partial charge on any atom is 0.170 e. The largest absolute Gasteiger partial charge is 0.497 e. The number of hydrogen-bond donors (Lipinski definition) is 0. The Kier molecular flexibility index (Phi) is 12.0. The summed E-state index contributed by atoms with van der Waals surface area (Å²) in [5, 5.41) is 0. The summed E-state index contributed by atoms with van der Waals surface area (Å²) in [7, 11) is 3.14. The second-order valence-corrected chi connectivity index (χ2v) is 13.2. The van der Waals surface area contributed by atoms with E-state index in [1.165, 1.54) is 0 Å². The quantitative estimate of drug-likeness (QED) is 0.130. The Morgan fingerprint density at radius 2 is 0.630 bits per heavy atom. The van der Waals surface area contributed by atoms with Crippen LogP contribution in [-0.4, -0.2) is 37.4 Å². The lowest BCUT2D eigenvalue weighted by atomic mass is 9.86. The second-order valence-electron chi connectivity index (χ2n) is 13.2. The Labute approximate surface area is 272 Å². The summed E-state index contributed by atoms with van der Waals surface area (Å²) < 4.78 is 10.1. The second kappa shape index (κ2) is 15.4. The number of Topliss-reactive ketones (excluding diaryl/α,β-unsaturated/α-hetero) is 4. The van der Waals surface area contributed by atoms with Crippen LogP contribution in [0.25, 0.3) is 0 Å². The number of ketones is 4. The van der Waals surface area contributed by atoms with Crippen LogP contribution in [0.15, 0.2) is 97.1 Å². The Morgan fingerprint density at radius 1 is 0.413 bits per heavy atom. The van der Waals surface area contributed by atoms with Gasteiger partial charge in [-0.3, -0.25) is 19.2 Å². The lowest BCUT2D eigenvalue weighted by molar-refractivity contribution is 0.0878. The van der Waals surface area contributed by atoms with Crippen molar-refractivity contribution in [3.05, 3.63) is 130 Å². The van der Waals surface area contributed by atoms with Crippen molar-refractivity contribution in [1.29, 1.82) is 0 Å². The molecule has 6 nitrogen and oxygen atoms in total. The molecule has 0 heterocycles. The smallest absolute Gasteiger partial charge is 0.170 e. The Balaban J connectivity index is 0.000000250. The molecule has 4 aromatic rings. The number of carbonyl (C=O) groups is 4. The van der Waals surface area contributed by atoms with E-state index >= 15 is 0 Å². The topological polar surface area (TPSA) is 86.7 Å². The average Bonchev–Trinajstić information content (AvgIpc) is 3.04. The summed E-state index contributed by atoms with van der Waals surface area (Å²) in [6.45, 7) is 12.7. The summed E-state index contributed by atoms with van der Waals surface area (Å²) in [5.74, 6) is 0.684. The molecule has 0 bridgehead atoms. The number of methoxy groups -OCH3 is 2. The summed E-state index contributed by atoms with van der Waals surface area (Å²) in [6.07, 6.45) is -0.248. The highest BCUT2D eigenvalue weighted by molar-refractivity contribution is 6.14. The van der Waals surface area contributed by atoms with Gasteiger partial charge in [0.1, 0.15) is 11.5 Å². The molecule has 0 atom stereocenters. The molecule has 0 saturated heterocycles. The molecule has 0 aliphatic rings. The fraction of sp³-hybridized carbons (Fsp3) is 0.300. The molecule has 0 unspecified atom stereocenters. The Bertz CT molecular complexity index is 1510. The maximum atomic E-state index is 12.3. The minimum absolute atomic E-state index is 0.0422. The van der Waals surface area contributed by atoms with Gasteiger partial charge in [-0.25, -0.2) is 0 Å². The minimum atomic E-state index is -0.183. The van der Waals surface area contributed by atoms with Crippen LogP contribution in [0.1, 0.15) is 107 Å². The summed E-state index contributed by atoms with van der Waals surface area (Å²) in [4.78, 5) is 48.9. The number of rotatable bonds is 10. The first kappa shape index (κ1) is 35.6. The van der Waals surface area contributed by atoms with Crippen LogP contribution in [0.5, 0.6) is 11.5 Å². The van der Waals surface area contributed by atoms with E-state index in [0.717, 1.165) is 11.1 Å². The molecular formula is C40H44O6. The predicted octanol–water partition coefficient (Wildman–Crippen LogP) is 8.90. The van der Waals surface area contributed by atoms with Crippen LogP contribution in [0.4, 0.5) is 0 Å². The zero-order valence-electron chi connectivity index (χ0n) is 28.1. The molecule has 46 heavy (non-hydrogen) atoms. The van der Waals surface area contributed by atoms with Crippen molar-refractivity contribution >= 4 is 23.1 Å². The van der Waals surface area contributed by atoms with E-state index in [9.17, 15) is 19.2 Å². The fourth-order valence-corrected chi connectivity index (χ4v) is 4.57. The fourth-order valence-electron chi connectivity index (χ4n) is 4.57. The van der Waals surface area contributed by atoms with Crippen LogP contribution in [0.2, 0.25) is 0 Å². The van der Waals surface area contributed by atoms with Crippen molar-refractivity contribution in [2.45, 2.75) is 65.2 Å². The molecule has 0 aliphatic carbocycles. The van der Waals surface area contributed by atoms with Crippen LogP contribution in [0.3, 0.4) is 0 Å². The first-order chi connectivity index (χ1) is 21.6. The third-order valence-electron chi connectivity index (χ3n) is 7.61. The van der Waals surface area contributed by atoms with E-state index < -0.39 is 0 Å². The molecule has 6 heteroatoms. The van der Waals surface area contributed by atoms with Gasteiger partial charge < -0.3 is 9.47 Å². The van der Waals surface area contributed by atoms with Crippen molar-refractivity contribution in [3.63, 3.8) is 0 Å². The van der Waals surface area contributed by atoms with E-state index in [0.29, 0.717) is 33.8 Å². The molecule has 240 valence electrons. The molecule has 0 saturated carbocycles. The summed E-state index contributed by atoms with van der Waals surface area (Å²) in [5.41, 5.74) is 4.59. The van der Waals surface area contributed by atoms with E-state index in [1.54, 1.807) is 87.0 Å². The zero-order chi connectivity index (χ0) is 34.1. The van der Waals surface area contributed by atoms with Crippen LogP contribution >= 0.6 is 0 Å². The molecule has 4 aromatic carbocycles. The number of benzene rings is 4. The molecule has 0 aromatic heterocycles. The molecule has 0 aliphatic heterocycles.